The Morgan fingerprint density at radius 3 is 2.45 bits per heavy atom. The SMILES string of the molecule is CCC(=O)NCCCOc1ccc(Cl)cc1C(=O)NC1N=C(c2c(Cl)cc(Cl)cc2Cl)c2ccccc2NC1=O. The van der Waals surface area contributed by atoms with Crippen molar-refractivity contribution in [3.05, 3.63) is 91.4 Å². The van der Waals surface area contributed by atoms with E-state index in [0.717, 1.165) is 0 Å². The Labute approximate surface area is 251 Å². The van der Waals surface area contributed by atoms with Crippen LogP contribution < -0.4 is 20.7 Å². The van der Waals surface area contributed by atoms with E-state index in [1.165, 1.54) is 18.2 Å². The lowest BCUT2D eigenvalue weighted by Gasteiger charge is -2.16. The molecule has 0 spiro atoms. The van der Waals surface area contributed by atoms with Crippen LogP contribution in [0.25, 0.3) is 0 Å². The standard InChI is InChI=1S/C28H24Cl4N4O4/c1-2-23(37)33-10-5-11-40-22-9-8-15(29)12-18(22)27(38)36-26-28(39)34-21-7-4-3-6-17(21)25(35-26)24-19(31)13-16(30)14-20(24)32/h3-4,6-9,12-14,26H,2,5,10-11H2,1H3,(H,33,37)(H,34,39)(H,36,38). The lowest BCUT2D eigenvalue weighted by molar-refractivity contribution is -0.120. The number of carbonyl (C=O) groups is 3. The molecule has 40 heavy (non-hydrogen) atoms. The van der Waals surface area contributed by atoms with Crippen LogP contribution in [0.2, 0.25) is 20.1 Å². The highest BCUT2D eigenvalue weighted by Gasteiger charge is 2.30. The number of aliphatic imine (C=N–C) groups is 1. The fourth-order valence-electron chi connectivity index (χ4n) is 3.94. The maximum Gasteiger partial charge on any atom is 0.269 e. The van der Waals surface area contributed by atoms with Gasteiger partial charge in [0.1, 0.15) is 5.75 Å². The summed E-state index contributed by atoms with van der Waals surface area (Å²) in [5.74, 6) is -1.02. The van der Waals surface area contributed by atoms with E-state index >= 15 is 0 Å². The molecule has 0 aromatic heterocycles. The number of rotatable bonds is 9. The number of anilines is 1. The molecule has 1 aliphatic heterocycles. The van der Waals surface area contributed by atoms with Crippen molar-refractivity contribution in [1.82, 2.24) is 10.6 Å². The molecule has 1 aliphatic rings. The van der Waals surface area contributed by atoms with Crippen molar-refractivity contribution in [1.29, 1.82) is 0 Å². The maximum atomic E-state index is 13.4. The molecule has 4 rings (SSSR count). The zero-order chi connectivity index (χ0) is 28.8. The predicted molar refractivity (Wildman–Crippen MR) is 158 cm³/mol. The van der Waals surface area contributed by atoms with Gasteiger partial charge in [0.15, 0.2) is 0 Å². The van der Waals surface area contributed by atoms with Crippen LogP contribution in [0, 0.1) is 0 Å². The number of ether oxygens (including phenoxy) is 1. The Morgan fingerprint density at radius 1 is 1.00 bits per heavy atom. The molecule has 1 heterocycles. The second kappa shape index (κ2) is 13.4. The molecule has 208 valence electrons. The first-order valence-electron chi connectivity index (χ1n) is 12.3. The molecule has 0 saturated carbocycles. The molecule has 3 aromatic carbocycles. The van der Waals surface area contributed by atoms with Gasteiger partial charge in [-0.2, -0.15) is 0 Å². The quantitative estimate of drug-likeness (QED) is 0.249. The van der Waals surface area contributed by atoms with Gasteiger partial charge in [-0.1, -0.05) is 71.5 Å². The number of halogens is 4. The van der Waals surface area contributed by atoms with Crippen molar-refractivity contribution in [3.8, 4) is 5.75 Å². The highest BCUT2D eigenvalue weighted by molar-refractivity contribution is 6.44. The largest absolute Gasteiger partial charge is 0.493 e. The number of hydrogen-bond acceptors (Lipinski definition) is 5. The number of nitrogens with one attached hydrogen (secondary N) is 3. The van der Waals surface area contributed by atoms with Gasteiger partial charge in [-0.3, -0.25) is 14.4 Å². The fraction of sp³-hybridized carbons (Fsp3) is 0.214. The van der Waals surface area contributed by atoms with Gasteiger partial charge in [-0.25, -0.2) is 4.99 Å². The molecule has 0 aliphatic carbocycles. The number of carbonyl (C=O) groups excluding carboxylic acids is 3. The average molecular weight is 622 g/mol. The third kappa shape index (κ3) is 7.06. The van der Waals surface area contributed by atoms with Crippen LogP contribution in [0.3, 0.4) is 0 Å². The zero-order valence-corrected chi connectivity index (χ0v) is 24.2. The summed E-state index contributed by atoms with van der Waals surface area (Å²) in [4.78, 5) is 42.7. The van der Waals surface area contributed by atoms with Crippen LogP contribution >= 0.6 is 46.4 Å². The third-order valence-corrected chi connectivity index (χ3v) is 6.92. The van der Waals surface area contributed by atoms with E-state index in [1.807, 2.05) is 0 Å². The van der Waals surface area contributed by atoms with Crippen molar-refractivity contribution < 1.29 is 19.1 Å². The highest BCUT2D eigenvalue weighted by atomic mass is 35.5. The van der Waals surface area contributed by atoms with Crippen LogP contribution in [0.4, 0.5) is 5.69 Å². The van der Waals surface area contributed by atoms with E-state index in [1.54, 1.807) is 43.3 Å². The Kier molecular flexibility index (Phi) is 9.92. The molecule has 0 bridgehead atoms. The topological polar surface area (TPSA) is 109 Å². The first kappa shape index (κ1) is 29.7. The van der Waals surface area contributed by atoms with Gasteiger partial charge < -0.3 is 20.7 Å². The van der Waals surface area contributed by atoms with Crippen LogP contribution in [0.5, 0.6) is 5.75 Å². The second-order valence-electron chi connectivity index (χ2n) is 8.68. The lowest BCUT2D eigenvalue weighted by Crippen LogP contribution is -2.42. The van der Waals surface area contributed by atoms with Crippen molar-refractivity contribution in [2.75, 3.05) is 18.5 Å². The Hall–Kier alpha value is -3.30. The summed E-state index contributed by atoms with van der Waals surface area (Å²) in [6, 6.07) is 14.6. The molecular formula is C28H24Cl4N4O4. The smallest absolute Gasteiger partial charge is 0.269 e. The van der Waals surface area contributed by atoms with Crippen molar-refractivity contribution in [2.24, 2.45) is 4.99 Å². The van der Waals surface area contributed by atoms with Crippen molar-refractivity contribution in [3.63, 3.8) is 0 Å². The molecule has 0 saturated heterocycles. The van der Waals surface area contributed by atoms with Gasteiger partial charge in [0.2, 0.25) is 12.1 Å². The third-order valence-electron chi connectivity index (χ3n) is 5.87. The highest BCUT2D eigenvalue weighted by Crippen LogP contribution is 2.34. The molecule has 1 atom stereocenters. The Bertz CT molecular complexity index is 1470. The van der Waals surface area contributed by atoms with Crippen LogP contribution in [-0.4, -0.2) is 42.8 Å². The summed E-state index contributed by atoms with van der Waals surface area (Å²) in [6.07, 6.45) is -0.438. The van der Waals surface area contributed by atoms with Gasteiger partial charge in [0, 0.05) is 34.1 Å². The number of benzodiazepines with no additional fused rings is 1. The number of benzene rings is 3. The molecule has 3 aromatic rings. The van der Waals surface area contributed by atoms with Crippen molar-refractivity contribution >= 4 is 75.5 Å². The maximum absolute atomic E-state index is 13.4. The van der Waals surface area contributed by atoms with Gasteiger partial charge in [0.25, 0.3) is 11.8 Å². The number of fused-ring (bicyclic) bond motifs is 1. The molecular weight excluding hydrogens is 598 g/mol. The second-order valence-corrected chi connectivity index (χ2v) is 10.4. The molecule has 3 amide bonds. The minimum atomic E-state index is -1.35. The van der Waals surface area contributed by atoms with Crippen LogP contribution in [-0.2, 0) is 9.59 Å². The Morgan fingerprint density at radius 2 is 1.73 bits per heavy atom. The molecule has 3 N–H and O–H groups in total. The summed E-state index contributed by atoms with van der Waals surface area (Å²) in [5.41, 5.74) is 1.78. The number of hydrogen-bond donors (Lipinski definition) is 3. The summed E-state index contributed by atoms with van der Waals surface area (Å²) < 4.78 is 5.80. The average Bonchev–Trinajstić information content (AvgIpc) is 3.04. The first-order chi connectivity index (χ1) is 19.2. The normalized spacial score (nSPS) is 14.4. The molecule has 0 radical (unpaired) electrons. The summed E-state index contributed by atoms with van der Waals surface area (Å²) >= 11 is 25.3. The minimum absolute atomic E-state index is 0.0588. The minimum Gasteiger partial charge on any atom is -0.493 e. The Balaban J connectivity index is 1.63. The fourth-order valence-corrected chi connectivity index (χ4v) is 5.11. The van der Waals surface area contributed by atoms with E-state index in [-0.39, 0.29) is 33.9 Å². The molecule has 1 unspecified atom stereocenters. The molecule has 0 fully saturated rings. The van der Waals surface area contributed by atoms with Crippen LogP contribution in [0.1, 0.15) is 41.3 Å². The molecule has 8 nitrogen and oxygen atoms in total. The van der Waals surface area contributed by atoms with E-state index < -0.39 is 18.0 Å². The molecule has 12 heteroatoms. The first-order valence-corrected chi connectivity index (χ1v) is 13.8. The van der Waals surface area contributed by atoms with Gasteiger partial charge in [0.05, 0.1) is 33.6 Å². The van der Waals surface area contributed by atoms with Gasteiger partial charge in [-0.05, 0) is 42.8 Å². The van der Waals surface area contributed by atoms with Crippen molar-refractivity contribution in [2.45, 2.75) is 25.9 Å². The predicted octanol–water partition coefficient (Wildman–Crippen LogP) is 6.14. The monoisotopic (exact) mass is 620 g/mol. The zero-order valence-electron chi connectivity index (χ0n) is 21.2. The van der Waals surface area contributed by atoms with Gasteiger partial charge in [-0.15, -0.1) is 0 Å². The number of para-hydroxylation sites is 1. The van der Waals surface area contributed by atoms with E-state index in [9.17, 15) is 14.4 Å². The van der Waals surface area contributed by atoms with Crippen LogP contribution in [0.15, 0.2) is 59.6 Å². The summed E-state index contributed by atoms with van der Waals surface area (Å²) in [6.45, 7) is 2.43. The summed E-state index contributed by atoms with van der Waals surface area (Å²) in [5, 5.41) is 9.30. The van der Waals surface area contributed by atoms with E-state index in [0.29, 0.717) is 52.0 Å². The van der Waals surface area contributed by atoms with E-state index in [2.05, 4.69) is 20.9 Å². The number of nitrogens with zero attached hydrogens (tertiary/aromatic N) is 1. The van der Waals surface area contributed by atoms with Gasteiger partial charge >= 0.3 is 0 Å². The lowest BCUT2D eigenvalue weighted by atomic mass is 10.0. The number of amides is 3. The van der Waals surface area contributed by atoms with E-state index in [4.69, 9.17) is 51.1 Å². The summed E-state index contributed by atoms with van der Waals surface area (Å²) in [7, 11) is 0.